The fourth-order valence-electron chi connectivity index (χ4n) is 3.87. The molecule has 1 aliphatic heterocycles. The van der Waals surface area contributed by atoms with Gasteiger partial charge < -0.3 is 14.6 Å². The Morgan fingerprint density at radius 2 is 1.43 bits per heavy atom. The average molecular weight is 403 g/mol. The van der Waals surface area contributed by atoms with Gasteiger partial charge >= 0.3 is 11.8 Å². The molecule has 30 heavy (non-hydrogen) atoms. The molecule has 2 aromatic carbocycles. The number of amides is 2. The Labute approximate surface area is 176 Å². The van der Waals surface area contributed by atoms with Crippen LogP contribution in [0.3, 0.4) is 0 Å². The summed E-state index contributed by atoms with van der Waals surface area (Å²) >= 11 is 0. The van der Waals surface area contributed by atoms with Crippen LogP contribution < -0.4 is 5.32 Å². The highest BCUT2D eigenvalue weighted by Gasteiger charge is 2.30. The highest BCUT2D eigenvalue weighted by Crippen LogP contribution is 2.29. The van der Waals surface area contributed by atoms with E-state index in [0.29, 0.717) is 31.9 Å². The molecule has 2 amide bonds. The highest BCUT2D eigenvalue weighted by atomic mass is 16.3. The van der Waals surface area contributed by atoms with Crippen molar-refractivity contribution in [2.75, 3.05) is 26.2 Å². The summed E-state index contributed by atoms with van der Waals surface area (Å²) in [5, 5.41) is 2.63. The first kappa shape index (κ1) is 19.9. The summed E-state index contributed by atoms with van der Waals surface area (Å²) in [5.74, 6) is -0.464. The van der Waals surface area contributed by atoms with Gasteiger partial charge in [-0.05, 0) is 23.3 Å². The number of nitrogens with zero attached hydrogens (tertiary/aromatic N) is 2. The predicted molar refractivity (Wildman–Crippen MR) is 113 cm³/mol. The van der Waals surface area contributed by atoms with Crippen molar-refractivity contribution in [3.8, 4) is 0 Å². The molecule has 2 heterocycles. The molecular weight excluding hydrogens is 378 g/mol. The van der Waals surface area contributed by atoms with E-state index in [1.165, 1.54) is 11.1 Å². The van der Waals surface area contributed by atoms with Gasteiger partial charge in [-0.25, -0.2) is 0 Å². The van der Waals surface area contributed by atoms with Crippen molar-refractivity contribution >= 4 is 11.8 Å². The van der Waals surface area contributed by atoms with Crippen molar-refractivity contribution < 1.29 is 14.0 Å². The normalized spacial score (nSPS) is 14.6. The van der Waals surface area contributed by atoms with Crippen molar-refractivity contribution in [2.45, 2.75) is 12.6 Å². The summed E-state index contributed by atoms with van der Waals surface area (Å²) in [6.07, 6.45) is 1.54. The second kappa shape index (κ2) is 9.41. The first-order valence-electron chi connectivity index (χ1n) is 10.2. The summed E-state index contributed by atoms with van der Waals surface area (Å²) in [6, 6.07) is 24.4. The van der Waals surface area contributed by atoms with Crippen molar-refractivity contribution in [3.63, 3.8) is 0 Å². The molecule has 0 radical (unpaired) electrons. The Kier molecular flexibility index (Phi) is 6.25. The Balaban J connectivity index is 1.39. The maximum absolute atomic E-state index is 12.5. The molecule has 1 saturated heterocycles. The topological polar surface area (TPSA) is 65.8 Å². The molecule has 0 saturated carbocycles. The fraction of sp³-hybridized carbons (Fsp3) is 0.250. The maximum Gasteiger partial charge on any atom is 0.311 e. The van der Waals surface area contributed by atoms with E-state index in [9.17, 15) is 9.59 Å². The molecule has 6 heteroatoms. The molecule has 0 unspecified atom stereocenters. The van der Waals surface area contributed by atoms with Crippen LogP contribution in [0.1, 0.15) is 22.9 Å². The summed E-state index contributed by atoms with van der Waals surface area (Å²) in [7, 11) is 0. The number of carbonyl (C=O) groups is 2. The summed E-state index contributed by atoms with van der Waals surface area (Å²) < 4.78 is 5.19. The van der Waals surface area contributed by atoms with Crippen LogP contribution in [-0.4, -0.2) is 47.8 Å². The third kappa shape index (κ3) is 4.60. The minimum atomic E-state index is -0.595. The number of rotatable bonds is 5. The molecule has 1 fully saturated rings. The van der Waals surface area contributed by atoms with E-state index in [-0.39, 0.29) is 12.6 Å². The molecule has 0 spiro atoms. The Bertz CT molecular complexity index is 910. The largest absolute Gasteiger partial charge is 0.467 e. The Hall–Kier alpha value is -3.38. The van der Waals surface area contributed by atoms with E-state index in [2.05, 4.69) is 58.7 Å². The first-order chi connectivity index (χ1) is 14.7. The number of piperazine rings is 1. The van der Waals surface area contributed by atoms with E-state index >= 15 is 0 Å². The SMILES string of the molecule is O=C(NCc1ccco1)C(=O)N1CCN(C(c2ccccc2)c2ccccc2)CC1. The highest BCUT2D eigenvalue weighted by molar-refractivity contribution is 6.34. The zero-order chi connectivity index (χ0) is 20.8. The van der Waals surface area contributed by atoms with Gasteiger partial charge in [-0.3, -0.25) is 14.5 Å². The monoisotopic (exact) mass is 403 g/mol. The Morgan fingerprint density at radius 3 is 1.97 bits per heavy atom. The summed E-state index contributed by atoms with van der Waals surface area (Å²) in [6.45, 7) is 2.64. The number of hydrogen-bond donors (Lipinski definition) is 1. The lowest BCUT2D eigenvalue weighted by atomic mass is 9.96. The molecule has 0 aliphatic carbocycles. The van der Waals surface area contributed by atoms with Gasteiger partial charge in [-0.15, -0.1) is 0 Å². The third-order valence-corrected chi connectivity index (χ3v) is 5.39. The lowest BCUT2D eigenvalue weighted by Crippen LogP contribution is -2.53. The molecule has 0 atom stereocenters. The number of carbonyl (C=O) groups excluding carboxylic acids is 2. The van der Waals surface area contributed by atoms with Gasteiger partial charge in [0.1, 0.15) is 5.76 Å². The van der Waals surface area contributed by atoms with E-state index in [1.54, 1.807) is 23.3 Å². The average Bonchev–Trinajstić information content (AvgIpc) is 3.33. The minimum absolute atomic E-state index is 0.123. The molecule has 1 aromatic heterocycles. The van der Waals surface area contributed by atoms with Crippen LogP contribution in [0.4, 0.5) is 0 Å². The van der Waals surface area contributed by atoms with E-state index < -0.39 is 11.8 Å². The number of benzene rings is 2. The molecule has 3 aromatic rings. The lowest BCUT2D eigenvalue weighted by Gasteiger charge is -2.39. The molecule has 0 bridgehead atoms. The number of nitrogens with one attached hydrogen (secondary N) is 1. The van der Waals surface area contributed by atoms with Gasteiger partial charge in [-0.1, -0.05) is 60.7 Å². The van der Waals surface area contributed by atoms with Crippen molar-refractivity contribution in [1.82, 2.24) is 15.1 Å². The Morgan fingerprint density at radius 1 is 0.833 bits per heavy atom. The molecule has 4 rings (SSSR count). The van der Waals surface area contributed by atoms with Gasteiger partial charge in [0.2, 0.25) is 0 Å². The van der Waals surface area contributed by atoms with Crippen LogP contribution in [0, 0.1) is 0 Å². The van der Waals surface area contributed by atoms with Crippen LogP contribution in [0.2, 0.25) is 0 Å². The smallest absolute Gasteiger partial charge is 0.311 e. The van der Waals surface area contributed by atoms with Gasteiger partial charge in [0.15, 0.2) is 0 Å². The maximum atomic E-state index is 12.5. The van der Waals surface area contributed by atoms with Crippen LogP contribution in [0.25, 0.3) is 0 Å². The summed E-state index contributed by atoms with van der Waals surface area (Å²) in [4.78, 5) is 28.8. The summed E-state index contributed by atoms with van der Waals surface area (Å²) in [5.41, 5.74) is 2.44. The van der Waals surface area contributed by atoms with Crippen LogP contribution >= 0.6 is 0 Å². The quantitative estimate of drug-likeness (QED) is 0.666. The first-order valence-corrected chi connectivity index (χ1v) is 10.2. The van der Waals surface area contributed by atoms with E-state index in [4.69, 9.17) is 4.42 Å². The van der Waals surface area contributed by atoms with Crippen LogP contribution in [-0.2, 0) is 16.1 Å². The second-order valence-corrected chi connectivity index (χ2v) is 7.31. The van der Waals surface area contributed by atoms with E-state index in [0.717, 1.165) is 0 Å². The second-order valence-electron chi connectivity index (χ2n) is 7.31. The predicted octanol–water partition coefficient (Wildman–Crippen LogP) is 2.83. The third-order valence-electron chi connectivity index (χ3n) is 5.39. The van der Waals surface area contributed by atoms with Crippen molar-refractivity contribution in [3.05, 3.63) is 95.9 Å². The van der Waals surface area contributed by atoms with Crippen molar-refractivity contribution in [2.24, 2.45) is 0 Å². The number of hydrogen-bond acceptors (Lipinski definition) is 4. The van der Waals surface area contributed by atoms with Gasteiger partial charge in [0.05, 0.1) is 18.8 Å². The molecule has 6 nitrogen and oxygen atoms in total. The van der Waals surface area contributed by atoms with Gasteiger partial charge in [0, 0.05) is 26.2 Å². The van der Waals surface area contributed by atoms with Crippen molar-refractivity contribution in [1.29, 1.82) is 0 Å². The standard InChI is InChI=1S/C24H25N3O3/c28-23(25-18-21-12-7-17-30-21)24(29)27-15-13-26(14-16-27)22(19-8-3-1-4-9-19)20-10-5-2-6-11-20/h1-12,17,22H,13-16,18H2,(H,25,28). The van der Waals surface area contributed by atoms with E-state index in [1.807, 2.05) is 12.1 Å². The fourth-order valence-corrected chi connectivity index (χ4v) is 3.87. The van der Waals surface area contributed by atoms with Gasteiger partial charge in [-0.2, -0.15) is 0 Å². The minimum Gasteiger partial charge on any atom is -0.467 e. The molecule has 1 aliphatic rings. The van der Waals surface area contributed by atoms with Gasteiger partial charge in [0.25, 0.3) is 0 Å². The van der Waals surface area contributed by atoms with Crippen LogP contribution in [0.15, 0.2) is 83.5 Å². The lowest BCUT2D eigenvalue weighted by molar-refractivity contribution is -0.147. The molecule has 1 N–H and O–H groups in total. The molecule has 154 valence electrons. The number of furan rings is 1. The zero-order valence-electron chi connectivity index (χ0n) is 16.7. The van der Waals surface area contributed by atoms with Crippen LogP contribution in [0.5, 0.6) is 0 Å². The molecular formula is C24H25N3O3. The zero-order valence-corrected chi connectivity index (χ0v) is 16.7.